The number of halogens is 3. The van der Waals surface area contributed by atoms with Crippen molar-refractivity contribution < 1.29 is 19.1 Å². The van der Waals surface area contributed by atoms with Crippen molar-refractivity contribution in [2.45, 2.75) is 20.8 Å². The number of hydrazone groups is 1. The van der Waals surface area contributed by atoms with Gasteiger partial charge in [-0.2, -0.15) is 5.10 Å². The number of amides is 2. The zero-order chi connectivity index (χ0) is 26.2. The van der Waals surface area contributed by atoms with Crippen LogP contribution in [0.5, 0.6) is 11.5 Å². The van der Waals surface area contributed by atoms with Crippen LogP contribution in [0.4, 0.5) is 5.69 Å². The topological polar surface area (TPSA) is 89.0 Å². The number of anilines is 1. The molecule has 0 atom stereocenters. The van der Waals surface area contributed by atoms with Gasteiger partial charge in [0.15, 0.2) is 18.1 Å². The predicted octanol–water partition coefficient (Wildman–Crippen LogP) is 6.77. The Morgan fingerprint density at radius 1 is 0.972 bits per heavy atom. The van der Waals surface area contributed by atoms with Crippen LogP contribution in [0.3, 0.4) is 0 Å². The highest BCUT2D eigenvalue weighted by Gasteiger charge is 2.15. The van der Waals surface area contributed by atoms with Gasteiger partial charge in [0, 0.05) is 14.5 Å². The maximum atomic E-state index is 12.5. The molecule has 0 radical (unpaired) electrons. The summed E-state index contributed by atoms with van der Waals surface area (Å²) in [5.41, 5.74) is 6.51. The Balaban J connectivity index is 1.68. The highest BCUT2D eigenvalue weighted by molar-refractivity contribution is 9.11. The van der Waals surface area contributed by atoms with Crippen LogP contribution >= 0.6 is 47.8 Å². The van der Waals surface area contributed by atoms with Crippen LogP contribution in [0, 0.1) is 13.8 Å². The number of nitrogens with one attached hydrogen (secondary N) is 2. The summed E-state index contributed by atoms with van der Waals surface area (Å²) >= 11 is 10.3. The normalized spacial score (nSPS) is 10.8. The molecule has 3 aromatic carbocycles. The van der Waals surface area contributed by atoms with E-state index in [-0.39, 0.29) is 18.4 Å². The summed E-state index contributed by atoms with van der Waals surface area (Å²) in [5.74, 6) is 0.181. The molecule has 0 saturated carbocycles. The average Bonchev–Trinajstić information content (AvgIpc) is 2.82. The van der Waals surface area contributed by atoms with E-state index in [9.17, 15) is 9.59 Å². The number of aryl methyl sites for hydroxylation is 2. The standard InChI is InChI=1S/C26H24Br3N3O4/c1-4-35-23-11-17(13-30-32-26(34)18-6-5-7-19(27)12-18)10-21(29)25(23)36-14-24(33)31-22-9-16(3)15(2)8-20(22)28/h5-13H,4,14H2,1-3H3,(H,31,33)(H,32,34)/b30-13+. The molecule has 3 rings (SSSR count). The molecule has 0 bridgehead atoms. The first kappa shape index (κ1) is 27.9. The second-order valence-corrected chi connectivity index (χ2v) is 10.3. The number of hydrogen-bond donors (Lipinski definition) is 2. The van der Waals surface area contributed by atoms with Gasteiger partial charge >= 0.3 is 0 Å². The van der Waals surface area contributed by atoms with Gasteiger partial charge in [0.25, 0.3) is 11.8 Å². The largest absolute Gasteiger partial charge is 0.490 e. The van der Waals surface area contributed by atoms with Gasteiger partial charge in [0.1, 0.15) is 0 Å². The van der Waals surface area contributed by atoms with Crippen molar-refractivity contribution in [1.29, 1.82) is 0 Å². The molecule has 2 amide bonds. The number of rotatable bonds is 9. The number of carbonyl (C=O) groups excluding carboxylic acids is 2. The Bertz CT molecular complexity index is 1310. The Morgan fingerprint density at radius 3 is 2.44 bits per heavy atom. The van der Waals surface area contributed by atoms with E-state index >= 15 is 0 Å². The molecule has 0 fully saturated rings. The maximum Gasteiger partial charge on any atom is 0.271 e. The summed E-state index contributed by atoms with van der Waals surface area (Å²) in [6.45, 7) is 6.02. The Kier molecular flexibility index (Phi) is 10.1. The van der Waals surface area contributed by atoms with Crippen LogP contribution < -0.4 is 20.2 Å². The molecular weight excluding hydrogens is 658 g/mol. The molecule has 7 nitrogen and oxygen atoms in total. The van der Waals surface area contributed by atoms with Crippen LogP contribution in [0.25, 0.3) is 0 Å². The predicted molar refractivity (Wildman–Crippen MR) is 152 cm³/mol. The summed E-state index contributed by atoms with van der Waals surface area (Å²) in [4.78, 5) is 24.8. The van der Waals surface area contributed by atoms with Crippen LogP contribution in [0.2, 0.25) is 0 Å². The highest BCUT2D eigenvalue weighted by atomic mass is 79.9. The lowest BCUT2D eigenvalue weighted by Gasteiger charge is -2.15. The molecule has 0 saturated heterocycles. The Morgan fingerprint density at radius 2 is 1.72 bits per heavy atom. The fourth-order valence-corrected chi connectivity index (χ4v) is 4.66. The van der Waals surface area contributed by atoms with Crippen molar-refractivity contribution in [2.24, 2.45) is 5.10 Å². The SMILES string of the molecule is CCOc1cc(/C=N/NC(=O)c2cccc(Br)c2)cc(Br)c1OCC(=O)Nc1cc(C)c(C)cc1Br. The molecule has 0 heterocycles. The molecule has 0 aliphatic carbocycles. The molecule has 0 spiro atoms. The first-order valence-electron chi connectivity index (χ1n) is 10.9. The minimum absolute atomic E-state index is 0.214. The minimum atomic E-state index is -0.335. The third kappa shape index (κ3) is 7.65. The van der Waals surface area contributed by atoms with Gasteiger partial charge in [-0.3, -0.25) is 9.59 Å². The van der Waals surface area contributed by atoms with Crippen molar-refractivity contribution in [3.63, 3.8) is 0 Å². The van der Waals surface area contributed by atoms with Gasteiger partial charge in [0.2, 0.25) is 0 Å². The van der Waals surface area contributed by atoms with Crippen molar-refractivity contribution in [3.8, 4) is 11.5 Å². The monoisotopic (exact) mass is 679 g/mol. The van der Waals surface area contributed by atoms with E-state index in [1.807, 2.05) is 39.0 Å². The summed E-state index contributed by atoms with van der Waals surface area (Å²) in [5, 5.41) is 6.89. The first-order chi connectivity index (χ1) is 17.2. The smallest absolute Gasteiger partial charge is 0.271 e. The van der Waals surface area contributed by atoms with Gasteiger partial charge < -0.3 is 14.8 Å². The van der Waals surface area contributed by atoms with Gasteiger partial charge in [-0.05, 0) is 112 Å². The molecule has 188 valence electrons. The molecule has 0 aliphatic heterocycles. The molecule has 0 aliphatic rings. The van der Waals surface area contributed by atoms with Gasteiger partial charge in [-0.1, -0.05) is 22.0 Å². The fourth-order valence-electron chi connectivity index (χ4n) is 3.13. The summed E-state index contributed by atoms with van der Waals surface area (Å²) in [7, 11) is 0. The second kappa shape index (κ2) is 13.0. The lowest BCUT2D eigenvalue weighted by Crippen LogP contribution is -2.21. The number of ether oxygens (including phenoxy) is 2. The molecule has 2 N–H and O–H groups in total. The first-order valence-corrected chi connectivity index (χ1v) is 13.3. The van der Waals surface area contributed by atoms with Gasteiger partial charge in [-0.15, -0.1) is 0 Å². The van der Waals surface area contributed by atoms with Crippen molar-refractivity contribution in [2.75, 3.05) is 18.5 Å². The van der Waals surface area contributed by atoms with Crippen LogP contribution in [-0.4, -0.2) is 31.2 Å². The minimum Gasteiger partial charge on any atom is -0.490 e. The average molecular weight is 682 g/mol. The quantitative estimate of drug-likeness (QED) is 0.193. The van der Waals surface area contributed by atoms with Crippen LogP contribution in [0.15, 0.2) is 67.1 Å². The van der Waals surface area contributed by atoms with E-state index < -0.39 is 0 Å². The Labute approximate surface area is 235 Å². The number of hydrogen-bond acceptors (Lipinski definition) is 5. The second-order valence-electron chi connectivity index (χ2n) is 7.73. The summed E-state index contributed by atoms with van der Waals surface area (Å²) in [6.07, 6.45) is 1.50. The lowest BCUT2D eigenvalue weighted by molar-refractivity contribution is -0.118. The van der Waals surface area contributed by atoms with Crippen LogP contribution in [-0.2, 0) is 4.79 Å². The van der Waals surface area contributed by atoms with Crippen molar-refractivity contribution in [3.05, 3.63) is 84.2 Å². The molecule has 0 unspecified atom stereocenters. The highest BCUT2D eigenvalue weighted by Crippen LogP contribution is 2.36. The van der Waals surface area contributed by atoms with E-state index in [4.69, 9.17) is 9.47 Å². The maximum absolute atomic E-state index is 12.5. The van der Waals surface area contributed by atoms with Crippen molar-refractivity contribution in [1.82, 2.24) is 5.43 Å². The Hall–Kier alpha value is -2.69. The third-order valence-corrected chi connectivity index (χ3v) is 6.74. The molecule has 36 heavy (non-hydrogen) atoms. The molecule has 3 aromatic rings. The van der Waals surface area contributed by atoms with Gasteiger partial charge in [0.05, 0.1) is 23.0 Å². The third-order valence-electron chi connectivity index (χ3n) is 5.00. The summed E-state index contributed by atoms with van der Waals surface area (Å²) < 4.78 is 13.7. The fraction of sp³-hybridized carbons (Fsp3) is 0.192. The molecule has 10 heteroatoms. The van der Waals surface area contributed by atoms with Crippen LogP contribution in [0.1, 0.15) is 34.0 Å². The van der Waals surface area contributed by atoms with E-state index in [1.165, 1.54) is 6.21 Å². The van der Waals surface area contributed by atoms with Gasteiger partial charge in [-0.25, -0.2) is 5.43 Å². The van der Waals surface area contributed by atoms with E-state index in [0.29, 0.717) is 39.4 Å². The molecular formula is C26H24Br3N3O4. The zero-order valence-corrected chi connectivity index (χ0v) is 24.6. The number of benzene rings is 3. The number of nitrogens with zero attached hydrogens (tertiary/aromatic N) is 1. The lowest BCUT2D eigenvalue weighted by atomic mass is 10.1. The van der Waals surface area contributed by atoms with E-state index in [1.54, 1.807) is 30.3 Å². The summed E-state index contributed by atoms with van der Waals surface area (Å²) in [6, 6.07) is 14.3. The zero-order valence-electron chi connectivity index (χ0n) is 19.8. The molecule has 0 aromatic heterocycles. The van der Waals surface area contributed by atoms with E-state index in [2.05, 4.69) is 63.6 Å². The van der Waals surface area contributed by atoms with E-state index in [0.717, 1.165) is 20.1 Å². The number of carbonyl (C=O) groups is 2. The van der Waals surface area contributed by atoms with Crippen molar-refractivity contribution >= 4 is 71.5 Å².